The number of ketones is 1. The fraction of sp³-hybridized carbons (Fsp3) is 0.448. The molecule has 0 radical (unpaired) electrons. The predicted molar refractivity (Wildman–Crippen MR) is 137 cm³/mol. The van der Waals surface area contributed by atoms with Gasteiger partial charge in [-0.15, -0.1) is 0 Å². The minimum absolute atomic E-state index is 0.180. The molecule has 194 valence electrons. The number of benzene rings is 2. The number of fused-ring (bicyclic) bond motifs is 1. The van der Waals surface area contributed by atoms with Gasteiger partial charge in [-0.3, -0.25) is 29.4 Å². The van der Waals surface area contributed by atoms with Crippen LogP contribution < -0.4 is 5.32 Å². The van der Waals surface area contributed by atoms with E-state index >= 15 is 0 Å². The van der Waals surface area contributed by atoms with Crippen LogP contribution in [0.3, 0.4) is 0 Å². The highest BCUT2D eigenvalue weighted by molar-refractivity contribution is 6.05. The Morgan fingerprint density at radius 2 is 1.76 bits per heavy atom. The van der Waals surface area contributed by atoms with Crippen LogP contribution >= 0.6 is 0 Å². The Morgan fingerprint density at radius 1 is 0.973 bits per heavy atom. The summed E-state index contributed by atoms with van der Waals surface area (Å²) in [5.41, 5.74) is 4.76. The van der Waals surface area contributed by atoms with Gasteiger partial charge in [-0.25, -0.2) is 0 Å². The predicted octanol–water partition coefficient (Wildman–Crippen LogP) is 2.07. The van der Waals surface area contributed by atoms with Crippen molar-refractivity contribution in [1.82, 2.24) is 15.1 Å². The molecule has 2 aromatic rings. The van der Waals surface area contributed by atoms with E-state index in [2.05, 4.69) is 22.3 Å². The van der Waals surface area contributed by atoms with Gasteiger partial charge < -0.3 is 9.64 Å². The summed E-state index contributed by atoms with van der Waals surface area (Å²) in [4.78, 5) is 53.3. The number of amides is 3. The zero-order valence-electron chi connectivity index (χ0n) is 21.0. The van der Waals surface area contributed by atoms with Crippen molar-refractivity contribution in [1.29, 1.82) is 0 Å². The van der Waals surface area contributed by atoms with Crippen LogP contribution in [-0.4, -0.2) is 72.2 Å². The average molecular weight is 504 g/mol. The maximum absolute atomic E-state index is 12.9. The molecule has 0 aliphatic carbocycles. The molecule has 2 saturated heterocycles. The van der Waals surface area contributed by atoms with E-state index < -0.39 is 11.9 Å². The molecule has 3 aliphatic heterocycles. The number of nitrogens with one attached hydrogen (secondary N) is 1. The topological polar surface area (TPSA) is 96.0 Å². The maximum atomic E-state index is 12.9. The lowest BCUT2D eigenvalue weighted by molar-refractivity contribution is -0.137. The molecule has 0 saturated carbocycles. The van der Waals surface area contributed by atoms with E-state index in [9.17, 15) is 19.2 Å². The lowest BCUT2D eigenvalue weighted by Crippen LogP contribution is -2.52. The molecule has 37 heavy (non-hydrogen) atoms. The minimum atomic E-state index is -0.618. The van der Waals surface area contributed by atoms with Crippen molar-refractivity contribution in [3.8, 4) is 0 Å². The number of nitrogens with zero attached hydrogens (tertiary/aromatic N) is 2. The molecule has 3 heterocycles. The first-order valence-electron chi connectivity index (χ1n) is 13.1. The summed E-state index contributed by atoms with van der Waals surface area (Å²) in [6, 6.07) is 13.3. The SMILES string of the molecule is O=C(CCc1ccc2c(c1)CN(C1CCC(=O)NC1=O)C2=O)Cc1cccc(CCN2CCOCC2)c1. The molecule has 1 N–H and O–H groups in total. The van der Waals surface area contributed by atoms with E-state index in [1.807, 2.05) is 24.3 Å². The molecular formula is C29H33N3O5. The highest BCUT2D eigenvalue weighted by Crippen LogP contribution is 2.28. The van der Waals surface area contributed by atoms with Gasteiger partial charge in [-0.1, -0.05) is 36.4 Å². The molecular weight excluding hydrogens is 470 g/mol. The summed E-state index contributed by atoms with van der Waals surface area (Å²) >= 11 is 0. The molecule has 1 atom stereocenters. The van der Waals surface area contributed by atoms with Gasteiger partial charge in [0.1, 0.15) is 11.8 Å². The van der Waals surface area contributed by atoms with Crippen molar-refractivity contribution in [3.05, 3.63) is 70.3 Å². The summed E-state index contributed by atoms with van der Waals surface area (Å²) in [7, 11) is 0. The summed E-state index contributed by atoms with van der Waals surface area (Å²) in [6.07, 6.45) is 3.00. The van der Waals surface area contributed by atoms with E-state index in [0.29, 0.717) is 37.8 Å². The Bertz CT molecular complexity index is 1200. The van der Waals surface area contributed by atoms with Gasteiger partial charge in [-0.05, 0) is 47.6 Å². The molecule has 8 heteroatoms. The van der Waals surface area contributed by atoms with Crippen molar-refractivity contribution < 1.29 is 23.9 Å². The van der Waals surface area contributed by atoms with Crippen molar-refractivity contribution in [2.24, 2.45) is 0 Å². The highest BCUT2D eigenvalue weighted by atomic mass is 16.5. The quantitative estimate of drug-likeness (QED) is 0.527. The number of ether oxygens (including phenoxy) is 1. The normalized spacial score (nSPS) is 20.2. The lowest BCUT2D eigenvalue weighted by Gasteiger charge is -2.29. The third kappa shape index (κ3) is 6.14. The molecule has 0 aromatic heterocycles. The van der Waals surface area contributed by atoms with Crippen LogP contribution in [0.4, 0.5) is 0 Å². The first kappa shape index (κ1) is 25.3. The summed E-state index contributed by atoms with van der Waals surface area (Å²) in [5.74, 6) is -0.696. The number of aryl methyl sites for hydroxylation is 1. The van der Waals surface area contributed by atoms with Gasteiger partial charge in [-0.2, -0.15) is 0 Å². The van der Waals surface area contributed by atoms with Gasteiger partial charge in [0.25, 0.3) is 5.91 Å². The third-order valence-electron chi connectivity index (χ3n) is 7.49. The van der Waals surface area contributed by atoms with E-state index in [0.717, 1.165) is 56.0 Å². The molecule has 2 aromatic carbocycles. The maximum Gasteiger partial charge on any atom is 0.255 e. The van der Waals surface area contributed by atoms with Crippen molar-refractivity contribution in [2.45, 2.75) is 51.1 Å². The van der Waals surface area contributed by atoms with Gasteiger partial charge in [0.2, 0.25) is 11.8 Å². The summed E-state index contributed by atoms with van der Waals surface area (Å²) in [6.45, 7) is 4.90. The van der Waals surface area contributed by atoms with Crippen LogP contribution in [0, 0.1) is 0 Å². The molecule has 8 nitrogen and oxygen atoms in total. The van der Waals surface area contributed by atoms with Crippen molar-refractivity contribution >= 4 is 23.5 Å². The Kier molecular flexibility index (Phi) is 7.76. The molecule has 2 fully saturated rings. The number of hydrogen-bond acceptors (Lipinski definition) is 6. The van der Waals surface area contributed by atoms with Crippen LogP contribution in [0.5, 0.6) is 0 Å². The van der Waals surface area contributed by atoms with Crippen LogP contribution in [0.15, 0.2) is 42.5 Å². The van der Waals surface area contributed by atoms with Gasteiger partial charge in [0.15, 0.2) is 0 Å². The molecule has 0 spiro atoms. The van der Waals surface area contributed by atoms with E-state index in [4.69, 9.17) is 4.74 Å². The number of imide groups is 1. The number of Topliss-reactive ketones (excluding diaryl/α,β-unsaturated/α-hetero) is 1. The monoisotopic (exact) mass is 503 g/mol. The molecule has 3 amide bonds. The lowest BCUT2D eigenvalue weighted by atomic mass is 9.98. The smallest absolute Gasteiger partial charge is 0.255 e. The Balaban J connectivity index is 1.13. The van der Waals surface area contributed by atoms with Gasteiger partial charge in [0.05, 0.1) is 13.2 Å². The fourth-order valence-electron chi connectivity index (χ4n) is 5.39. The first-order valence-corrected chi connectivity index (χ1v) is 13.1. The van der Waals surface area contributed by atoms with Crippen LogP contribution in [0.2, 0.25) is 0 Å². The standard InChI is InChI=1S/C29H33N3O5/c33-24(18-22-3-1-2-20(16-22)10-11-31-12-14-37-15-13-31)6-4-21-5-7-25-23(17-21)19-32(29(25)36)26-8-9-27(34)30-28(26)35/h1-3,5,7,16-17,26H,4,6,8-15,18-19H2,(H,30,34,35). The third-order valence-corrected chi connectivity index (χ3v) is 7.49. The second-order valence-electron chi connectivity index (χ2n) is 10.1. The van der Waals surface area contributed by atoms with Crippen molar-refractivity contribution in [2.75, 3.05) is 32.8 Å². The van der Waals surface area contributed by atoms with Gasteiger partial charge in [0, 0.05) is 51.0 Å². The largest absolute Gasteiger partial charge is 0.379 e. The Morgan fingerprint density at radius 3 is 2.57 bits per heavy atom. The zero-order valence-corrected chi connectivity index (χ0v) is 21.0. The van der Waals surface area contributed by atoms with Crippen LogP contribution in [0.1, 0.15) is 51.9 Å². The highest BCUT2D eigenvalue weighted by Gasteiger charge is 2.39. The summed E-state index contributed by atoms with van der Waals surface area (Å²) < 4.78 is 5.41. The number of hydrogen-bond donors (Lipinski definition) is 1. The second-order valence-corrected chi connectivity index (χ2v) is 10.1. The summed E-state index contributed by atoms with van der Waals surface area (Å²) in [5, 5.41) is 2.33. The Hall–Kier alpha value is -3.36. The number of piperidine rings is 1. The van der Waals surface area contributed by atoms with Gasteiger partial charge >= 0.3 is 0 Å². The number of carbonyl (C=O) groups is 4. The molecule has 0 bridgehead atoms. The van der Waals surface area contributed by atoms with Crippen molar-refractivity contribution in [3.63, 3.8) is 0 Å². The Labute approximate surface area is 217 Å². The van der Waals surface area contributed by atoms with Crippen LogP contribution in [0.25, 0.3) is 0 Å². The number of carbonyl (C=O) groups excluding carboxylic acids is 4. The number of rotatable bonds is 9. The van der Waals surface area contributed by atoms with E-state index in [1.54, 1.807) is 11.0 Å². The minimum Gasteiger partial charge on any atom is -0.379 e. The van der Waals surface area contributed by atoms with Crippen LogP contribution in [-0.2, 0) is 44.9 Å². The molecule has 3 aliphatic rings. The molecule has 1 unspecified atom stereocenters. The molecule has 5 rings (SSSR count). The zero-order chi connectivity index (χ0) is 25.8. The average Bonchev–Trinajstić information content (AvgIpc) is 3.22. The van der Waals surface area contributed by atoms with E-state index in [-0.39, 0.29) is 24.0 Å². The fourth-order valence-corrected chi connectivity index (χ4v) is 5.39. The van der Waals surface area contributed by atoms with E-state index in [1.165, 1.54) is 5.56 Å². The number of morpholine rings is 1. The second kappa shape index (κ2) is 11.4. The first-order chi connectivity index (χ1) is 18.0.